The average Bonchev–Trinajstić information content (AvgIpc) is 2.17. The van der Waals surface area contributed by atoms with Crippen LogP contribution >= 0.6 is 11.6 Å². The number of carbonyl (C=O) groups is 1. The van der Waals surface area contributed by atoms with E-state index in [1.54, 1.807) is 0 Å². The predicted molar refractivity (Wildman–Crippen MR) is 52.6 cm³/mol. The summed E-state index contributed by atoms with van der Waals surface area (Å²) in [5, 5.41) is 10.4. The van der Waals surface area contributed by atoms with E-state index in [1.165, 1.54) is 19.2 Å². The number of hydrogen-bond acceptors (Lipinski definition) is 4. The maximum atomic E-state index is 11.3. The van der Waals surface area contributed by atoms with E-state index in [-0.39, 0.29) is 16.3 Å². The van der Waals surface area contributed by atoms with Crippen molar-refractivity contribution in [3.63, 3.8) is 0 Å². The standard InChI is InChI=1S/C8H7ClN2O4/c1-15-10-8(12)6-3-2-5(11(13)14)4-7(6)9/h2-4H,1H3,(H,10,12). The summed E-state index contributed by atoms with van der Waals surface area (Å²) in [7, 11) is 1.27. The fourth-order valence-corrected chi connectivity index (χ4v) is 1.21. The summed E-state index contributed by atoms with van der Waals surface area (Å²) >= 11 is 5.68. The van der Waals surface area contributed by atoms with Crippen LogP contribution in [-0.2, 0) is 4.84 Å². The van der Waals surface area contributed by atoms with Gasteiger partial charge in [-0.2, -0.15) is 0 Å². The van der Waals surface area contributed by atoms with E-state index in [2.05, 4.69) is 10.3 Å². The molecule has 1 amide bonds. The zero-order valence-corrected chi connectivity index (χ0v) is 8.45. The lowest BCUT2D eigenvalue weighted by molar-refractivity contribution is -0.384. The number of amides is 1. The van der Waals surface area contributed by atoms with Gasteiger partial charge in [-0.05, 0) is 6.07 Å². The summed E-state index contributed by atoms with van der Waals surface area (Å²) in [6.45, 7) is 0. The molecule has 1 aromatic carbocycles. The predicted octanol–water partition coefficient (Wildman–Crippen LogP) is 1.54. The summed E-state index contributed by atoms with van der Waals surface area (Å²) in [6.07, 6.45) is 0. The highest BCUT2D eigenvalue weighted by Crippen LogP contribution is 2.22. The second kappa shape index (κ2) is 4.72. The van der Waals surface area contributed by atoms with E-state index >= 15 is 0 Å². The van der Waals surface area contributed by atoms with Crippen LogP contribution in [0, 0.1) is 10.1 Å². The average molecular weight is 231 g/mol. The molecule has 80 valence electrons. The Morgan fingerprint density at radius 1 is 1.60 bits per heavy atom. The summed E-state index contributed by atoms with van der Waals surface area (Å²) in [4.78, 5) is 25.4. The van der Waals surface area contributed by atoms with Crippen LogP contribution in [0.2, 0.25) is 5.02 Å². The second-order valence-electron chi connectivity index (χ2n) is 2.56. The molecule has 0 bridgehead atoms. The Morgan fingerprint density at radius 2 is 2.27 bits per heavy atom. The number of hydrogen-bond donors (Lipinski definition) is 1. The first-order valence-corrected chi connectivity index (χ1v) is 4.21. The third-order valence-electron chi connectivity index (χ3n) is 1.60. The van der Waals surface area contributed by atoms with E-state index in [4.69, 9.17) is 11.6 Å². The number of hydroxylamine groups is 1. The molecule has 0 aliphatic rings. The van der Waals surface area contributed by atoms with E-state index in [1.807, 2.05) is 0 Å². The minimum absolute atomic E-state index is 0.00116. The largest absolute Gasteiger partial charge is 0.277 e. The first-order chi connectivity index (χ1) is 7.06. The smallest absolute Gasteiger partial charge is 0.276 e. The Hall–Kier alpha value is -1.66. The number of non-ortho nitro benzene ring substituents is 1. The van der Waals surface area contributed by atoms with Crippen LogP contribution in [0.4, 0.5) is 5.69 Å². The van der Waals surface area contributed by atoms with Crippen molar-refractivity contribution in [1.29, 1.82) is 0 Å². The van der Waals surface area contributed by atoms with E-state index in [9.17, 15) is 14.9 Å². The zero-order chi connectivity index (χ0) is 11.4. The molecule has 7 heteroatoms. The minimum atomic E-state index is -0.593. The molecule has 1 rings (SSSR count). The van der Waals surface area contributed by atoms with Crippen molar-refractivity contribution in [2.45, 2.75) is 0 Å². The molecule has 0 fully saturated rings. The van der Waals surface area contributed by atoms with Crippen molar-refractivity contribution >= 4 is 23.2 Å². The number of nitrogens with one attached hydrogen (secondary N) is 1. The van der Waals surface area contributed by atoms with Crippen LogP contribution in [0.3, 0.4) is 0 Å². The number of benzene rings is 1. The van der Waals surface area contributed by atoms with Gasteiger partial charge in [0.1, 0.15) is 0 Å². The lowest BCUT2D eigenvalue weighted by atomic mass is 10.2. The molecule has 0 unspecified atom stereocenters. The summed E-state index contributed by atoms with van der Waals surface area (Å²) < 4.78 is 0. The molecular formula is C8H7ClN2O4. The van der Waals surface area contributed by atoms with E-state index in [0.29, 0.717) is 0 Å². The normalized spacial score (nSPS) is 9.73. The molecule has 1 N–H and O–H groups in total. The quantitative estimate of drug-likeness (QED) is 0.631. The van der Waals surface area contributed by atoms with Crippen molar-refractivity contribution in [2.24, 2.45) is 0 Å². The molecule has 0 saturated carbocycles. The second-order valence-corrected chi connectivity index (χ2v) is 2.96. The SMILES string of the molecule is CONC(=O)c1ccc([N+](=O)[O-])cc1Cl. The lowest BCUT2D eigenvalue weighted by Crippen LogP contribution is -2.22. The maximum Gasteiger partial charge on any atom is 0.276 e. The fourth-order valence-electron chi connectivity index (χ4n) is 0.949. The number of carbonyl (C=O) groups excluding carboxylic acids is 1. The van der Waals surface area contributed by atoms with Gasteiger partial charge in [0.15, 0.2) is 0 Å². The first-order valence-electron chi connectivity index (χ1n) is 3.83. The Balaban J connectivity index is 3.03. The Kier molecular flexibility index (Phi) is 3.59. The Morgan fingerprint density at radius 3 is 2.73 bits per heavy atom. The lowest BCUT2D eigenvalue weighted by Gasteiger charge is -2.03. The molecule has 6 nitrogen and oxygen atoms in total. The molecule has 0 heterocycles. The monoisotopic (exact) mass is 230 g/mol. The third kappa shape index (κ3) is 2.64. The van der Waals surface area contributed by atoms with Gasteiger partial charge >= 0.3 is 0 Å². The number of halogens is 1. The molecule has 0 spiro atoms. The molecule has 0 aliphatic carbocycles. The van der Waals surface area contributed by atoms with Crippen LogP contribution in [0.1, 0.15) is 10.4 Å². The van der Waals surface area contributed by atoms with Gasteiger partial charge in [-0.25, -0.2) is 5.48 Å². The van der Waals surface area contributed by atoms with Crippen LogP contribution in [-0.4, -0.2) is 17.9 Å². The van der Waals surface area contributed by atoms with Gasteiger partial charge in [0.25, 0.3) is 11.6 Å². The van der Waals surface area contributed by atoms with Gasteiger partial charge in [0, 0.05) is 12.1 Å². The topological polar surface area (TPSA) is 81.5 Å². The molecule has 0 saturated heterocycles. The molecule has 0 aliphatic heterocycles. The Labute approximate surface area is 89.9 Å². The van der Waals surface area contributed by atoms with Gasteiger partial charge in [-0.1, -0.05) is 11.6 Å². The van der Waals surface area contributed by atoms with Gasteiger partial charge in [0.05, 0.1) is 22.6 Å². The molecule has 15 heavy (non-hydrogen) atoms. The number of rotatable bonds is 3. The van der Waals surface area contributed by atoms with Crippen LogP contribution in [0.25, 0.3) is 0 Å². The number of nitrogens with zero attached hydrogens (tertiary/aromatic N) is 1. The van der Waals surface area contributed by atoms with Crippen molar-refractivity contribution in [2.75, 3.05) is 7.11 Å². The zero-order valence-electron chi connectivity index (χ0n) is 7.69. The molecule has 1 aromatic rings. The van der Waals surface area contributed by atoms with Gasteiger partial charge in [-0.3, -0.25) is 19.7 Å². The van der Waals surface area contributed by atoms with Crippen LogP contribution < -0.4 is 5.48 Å². The van der Waals surface area contributed by atoms with Gasteiger partial charge in [-0.15, -0.1) is 0 Å². The molecule has 0 radical (unpaired) electrons. The molecule has 0 aromatic heterocycles. The van der Waals surface area contributed by atoms with E-state index < -0.39 is 10.8 Å². The first kappa shape index (κ1) is 11.4. The highest BCUT2D eigenvalue weighted by Gasteiger charge is 2.14. The van der Waals surface area contributed by atoms with Crippen LogP contribution in [0.15, 0.2) is 18.2 Å². The third-order valence-corrected chi connectivity index (χ3v) is 1.92. The molecule has 0 atom stereocenters. The van der Waals surface area contributed by atoms with E-state index in [0.717, 1.165) is 6.07 Å². The van der Waals surface area contributed by atoms with Gasteiger partial charge < -0.3 is 0 Å². The number of nitro benzene ring substituents is 1. The van der Waals surface area contributed by atoms with Crippen molar-refractivity contribution < 1.29 is 14.6 Å². The molecular weight excluding hydrogens is 224 g/mol. The van der Waals surface area contributed by atoms with Crippen molar-refractivity contribution in [3.8, 4) is 0 Å². The Bertz CT molecular complexity index is 408. The fraction of sp³-hybridized carbons (Fsp3) is 0.125. The number of nitro groups is 1. The summed E-state index contributed by atoms with van der Waals surface area (Å²) in [5.74, 6) is -0.558. The van der Waals surface area contributed by atoms with Gasteiger partial charge in [0.2, 0.25) is 0 Å². The van der Waals surface area contributed by atoms with Crippen molar-refractivity contribution in [3.05, 3.63) is 38.9 Å². The highest BCUT2D eigenvalue weighted by molar-refractivity contribution is 6.34. The summed E-state index contributed by atoms with van der Waals surface area (Å²) in [6, 6.07) is 3.55. The summed E-state index contributed by atoms with van der Waals surface area (Å²) in [5.41, 5.74) is 2.00. The minimum Gasteiger partial charge on any atom is -0.277 e. The van der Waals surface area contributed by atoms with Crippen molar-refractivity contribution in [1.82, 2.24) is 5.48 Å². The maximum absolute atomic E-state index is 11.3. The van der Waals surface area contributed by atoms with Crippen LogP contribution in [0.5, 0.6) is 0 Å². The highest BCUT2D eigenvalue weighted by atomic mass is 35.5.